The largest absolute Gasteiger partial charge is 0.495 e. The van der Waals surface area contributed by atoms with Crippen molar-refractivity contribution in [3.8, 4) is 5.75 Å². The normalized spacial score (nSPS) is 23.2. The topological polar surface area (TPSA) is 59.0 Å². The van der Waals surface area contributed by atoms with Crippen LogP contribution < -0.4 is 9.64 Å². The van der Waals surface area contributed by atoms with Crippen molar-refractivity contribution in [1.82, 2.24) is 0 Å². The number of fused-ring (bicyclic) bond motifs is 1. The molecule has 0 unspecified atom stereocenters. The van der Waals surface area contributed by atoms with Crippen molar-refractivity contribution >= 4 is 32.5 Å². The summed E-state index contributed by atoms with van der Waals surface area (Å²) in [4.78, 5) is 6.84. The summed E-state index contributed by atoms with van der Waals surface area (Å²) in [6.45, 7) is 2.07. The van der Waals surface area contributed by atoms with Crippen molar-refractivity contribution < 1.29 is 13.2 Å². The molecule has 1 saturated heterocycles. The molecule has 0 aromatic heterocycles. The summed E-state index contributed by atoms with van der Waals surface area (Å²) in [6, 6.07) is 15.8. The van der Waals surface area contributed by atoms with Gasteiger partial charge in [0.1, 0.15) is 5.75 Å². The highest BCUT2D eigenvalue weighted by molar-refractivity contribution is 8.13. The first kappa shape index (κ1) is 18.4. The van der Waals surface area contributed by atoms with E-state index in [1.54, 1.807) is 18.9 Å². The van der Waals surface area contributed by atoms with Crippen molar-refractivity contribution in [3.63, 3.8) is 0 Å². The molecule has 0 spiro atoms. The summed E-state index contributed by atoms with van der Waals surface area (Å²) < 4.78 is 29.8. The number of hydrogen-bond acceptors (Lipinski definition) is 6. The first-order chi connectivity index (χ1) is 13.0. The lowest BCUT2D eigenvalue weighted by molar-refractivity contribution is 0.415. The minimum absolute atomic E-state index is 0.123. The van der Waals surface area contributed by atoms with E-state index in [1.165, 1.54) is 11.1 Å². The summed E-state index contributed by atoms with van der Waals surface area (Å²) in [6.07, 6.45) is 0. The van der Waals surface area contributed by atoms with Gasteiger partial charge in [0.15, 0.2) is 15.0 Å². The maximum Gasteiger partial charge on any atom is 0.164 e. The number of amidine groups is 1. The van der Waals surface area contributed by atoms with Crippen LogP contribution in [0.1, 0.15) is 11.1 Å². The molecule has 0 aliphatic carbocycles. The second-order valence-electron chi connectivity index (χ2n) is 6.94. The minimum atomic E-state index is -3.06. The quantitative estimate of drug-likeness (QED) is 0.786. The standard InChI is InChI=1S/C20H22N2O3S2/c1-14-7-9-15(10-8-14)11-26-20-21-16-12-27(23,24)13-18(16)22(20)17-5-3-4-6-19(17)25-2/h3-10,16,18H,11-13H2,1-2H3/t16-,18-/m0/s1. The van der Waals surface area contributed by atoms with Crippen molar-refractivity contribution in [2.24, 2.45) is 4.99 Å². The maximum absolute atomic E-state index is 12.2. The Hall–Kier alpha value is -1.99. The minimum Gasteiger partial charge on any atom is -0.495 e. The van der Waals surface area contributed by atoms with E-state index in [0.29, 0.717) is 0 Å². The molecule has 0 radical (unpaired) electrons. The van der Waals surface area contributed by atoms with E-state index >= 15 is 0 Å². The molecule has 4 rings (SSSR count). The number of aryl methyl sites for hydroxylation is 1. The highest BCUT2D eigenvalue weighted by atomic mass is 32.2. The molecule has 1 fully saturated rings. The van der Waals surface area contributed by atoms with Gasteiger partial charge in [-0.3, -0.25) is 4.99 Å². The lowest BCUT2D eigenvalue weighted by Gasteiger charge is -2.27. The number of aliphatic imine (C=N–C) groups is 1. The number of benzene rings is 2. The monoisotopic (exact) mass is 402 g/mol. The number of sulfone groups is 1. The fourth-order valence-electron chi connectivity index (χ4n) is 3.58. The Balaban J connectivity index is 1.64. The molecule has 0 bridgehead atoms. The van der Waals surface area contributed by atoms with Crippen molar-refractivity contribution in [2.75, 3.05) is 23.5 Å². The summed E-state index contributed by atoms with van der Waals surface area (Å²) in [5, 5.41) is 0.866. The van der Waals surface area contributed by atoms with Gasteiger partial charge in [-0.2, -0.15) is 0 Å². The second kappa shape index (κ2) is 7.20. The third-order valence-corrected chi connectivity index (χ3v) is 7.68. The van der Waals surface area contributed by atoms with Crippen LogP contribution in [-0.2, 0) is 15.6 Å². The van der Waals surface area contributed by atoms with Gasteiger partial charge in [-0.15, -0.1) is 0 Å². The molecule has 0 amide bonds. The SMILES string of the molecule is COc1ccccc1N1C(SCc2ccc(C)cc2)=N[C@H]2CS(=O)(=O)C[C@@H]21. The van der Waals surface area contributed by atoms with E-state index in [9.17, 15) is 8.42 Å². The highest BCUT2D eigenvalue weighted by Crippen LogP contribution is 2.39. The molecule has 2 aliphatic heterocycles. The lowest BCUT2D eigenvalue weighted by Crippen LogP contribution is -2.39. The van der Waals surface area contributed by atoms with Gasteiger partial charge in [-0.05, 0) is 24.6 Å². The van der Waals surface area contributed by atoms with E-state index in [2.05, 4.69) is 36.1 Å². The molecule has 0 N–H and O–H groups in total. The molecular formula is C20H22N2O3S2. The van der Waals surface area contributed by atoms with Gasteiger partial charge >= 0.3 is 0 Å². The number of hydrogen-bond donors (Lipinski definition) is 0. The van der Waals surface area contributed by atoms with E-state index < -0.39 is 9.84 Å². The van der Waals surface area contributed by atoms with Crippen LogP contribution in [0.4, 0.5) is 5.69 Å². The number of thioether (sulfide) groups is 1. The zero-order chi connectivity index (χ0) is 19.0. The number of anilines is 1. The zero-order valence-corrected chi connectivity index (χ0v) is 17.0. The van der Waals surface area contributed by atoms with Crippen molar-refractivity contribution in [1.29, 1.82) is 0 Å². The van der Waals surface area contributed by atoms with Gasteiger partial charge in [-0.1, -0.05) is 53.7 Å². The lowest BCUT2D eigenvalue weighted by atomic mass is 10.1. The van der Waals surface area contributed by atoms with E-state index in [1.807, 2.05) is 24.3 Å². The number of para-hydroxylation sites is 2. The van der Waals surface area contributed by atoms with Crippen LogP contribution in [0.25, 0.3) is 0 Å². The predicted molar refractivity (Wildman–Crippen MR) is 112 cm³/mol. The number of rotatable bonds is 4. The van der Waals surface area contributed by atoms with Crippen LogP contribution in [-0.4, -0.2) is 44.3 Å². The van der Waals surface area contributed by atoms with Gasteiger partial charge in [0, 0.05) is 5.75 Å². The fourth-order valence-corrected chi connectivity index (χ4v) is 6.49. The average Bonchev–Trinajstić information content (AvgIpc) is 3.12. The summed E-state index contributed by atoms with van der Waals surface area (Å²) >= 11 is 1.65. The van der Waals surface area contributed by atoms with Gasteiger partial charge in [0.05, 0.1) is 36.4 Å². The van der Waals surface area contributed by atoms with Crippen LogP contribution in [0.3, 0.4) is 0 Å². The maximum atomic E-state index is 12.2. The molecule has 7 heteroatoms. The van der Waals surface area contributed by atoms with E-state index in [0.717, 1.165) is 22.4 Å². The Kier molecular flexibility index (Phi) is 4.90. The Labute approximate surface area is 164 Å². The van der Waals surface area contributed by atoms with Gasteiger partial charge in [-0.25, -0.2) is 8.42 Å². The molecular weight excluding hydrogens is 380 g/mol. The molecule has 2 aromatic carbocycles. The number of nitrogens with zero attached hydrogens (tertiary/aromatic N) is 2. The Bertz CT molecular complexity index is 971. The summed E-state index contributed by atoms with van der Waals surface area (Å²) in [5.74, 6) is 1.77. The number of ether oxygens (including phenoxy) is 1. The number of methoxy groups -OCH3 is 1. The van der Waals surface area contributed by atoms with E-state index in [4.69, 9.17) is 9.73 Å². The molecule has 27 heavy (non-hydrogen) atoms. The smallest absolute Gasteiger partial charge is 0.164 e. The first-order valence-electron chi connectivity index (χ1n) is 8.86. The second-order valence-corrected chi connectivity index (χ2v) is 10.0. The molecule has 0 saturated carbocycles. The van der Waals surface area contributed by atoms with E-state index in [-0.39, 0.29) is 23.6 Å². The van der Waals surface area contributed by atoms with Crippen molar-refractivity contribution in [2.45, 2.75) is 24.8 Å². The zero-order valence-electron chi connectivity index (χ0n) is 15.3. The Morgan fingerprint density at radius 3 is 2.63 bits per heavy atom. The molecule has 2 atom stereocenters. The van der Waals surface area contributed by atoms with Crippen LogP contribution >= 0.6 is 11.8 Å². The molecule has 2 heterocycles. The molecule has 5 nitrogen and oxygen atoms in total. The van der Waals surface area contributed by atoms with Gasteiger partial charge in [0.25, 0.3) is 0 Å². The van der Waals surface area contributed by atoms with Gasteiger partial charge < -0.3 is 9.64 Å². The molecule has 2 aromatic rings. The van der Waals surface area contributed by atoms with Crippen LogP contribution in [0.5, 0.6) is 5.75 Å². The van der Waals surface area contributed by atoms with Crippen LogP contribution in [0, 0.1) is 6.92 Å². The molecule has 142 valence electrons. The Morgan fingerprint density at radius 1 is 1.15 bits per heavy atom. The Morgan fingerprint density at radius 2 is 1.89 bits per heavy atom. The van der Waals surface area contributed by atoms with Crippen LogP contribution in [0.2, 0.25) is 0 Å². The highest BCUT2D eigenvalue weighted by Gasteiger charge is 2.47. The summed E-state index contributed by atoms with van der Waals surface area (Å²) in [7, 11) is -1.43. The van der Waals surface area contributed by atoms with Gasteiger partial charge in [0.2, 0.25) is 0 Å². The van der Waals surface area contributed by atoms with Crippen LogP contribution in [0.15, 0.2) is 53.5 Å². The fraction of sp³-hybridized carbons (Fsp3) is 0.350. The van der Waals surface area contributed by atoms with Crippen molar-refractivity contribution in [3.05, 3.63) is 59.7 Å². The molecule has 2 aliphatic rings. The summed E-state index contributed by atoms with van der Waals surface area (Å²) in [5.41, 5.74) is 3.33. The third-order valence-electron chi connectivity index (χ3n) is 4.94. The first-order valence-corrected chi connectivity index (χ1v) is 11.7. The third kappa shape index (κ3) is 3.71. The average molecular weight is 403 g/mol. The predicted octanol–water partition coefficient (Wildman–Crippen LogP) is 3.28.